The molecule has 0 aliphatic heterocycles. The first kappa shape index (κ1) is 16.9. The van der Waals surface area contributed by atoms with Crippen LogP contribution < -0.4 is 4.74 Å². The molecule has 1 N–H and O–H groups in total. The Bertz CT molecular complexity index is 1120. The third-order valence-corrected chi connectivity index (χ3v) is 5.76. The Balaban J connectivity index is 1.40. The zero-order valence-electron chi connectivity index (χ0n) is 15.7. The normalized spacial score (nSPS) is 15.3. The molecular formula is C22H21N5O. The van der Waals surface area contributed by atoms with Crippen molar-refractivity contribution in [1.82, 2.24) is 25.4 Å². The number of rotatable bonds is 5. The van der Waals surface area contributed by atoms with E-state index < -0.39 is 0 Å². The minimum absolute atomic E-state index is 0.0412. The Morgan fingerprint density at radius 3 is 2.75 bits per heavy atom. The number of hydrogen-bond acceptors (Lipinski definition) is 5. The van der Waals surface area contributed by atoms with Crippen molar-refractivity contribution in [2.45, 2.75) is 31.1 Å². The lowest BCUT2D eigenvalue weighted by Gasteiger charge is -2.41. The van der Waals surface area contributed by atoms with Crippen LogP contribution >= 0.6 is 0 Å². The number of nitrogens with zero attached hydrogens (tertiary/aromatic N) is 4. The second-order valence-corrected chi connectivity index (χ2v) is 7.46. The second kappa shape index (κ2) is 6.71. The maximum Gasteiger partial charge on any atom is 0.213 e. The van der Waals surface area contributed by atoms with Crippen LogP contribution in [0.15, 0.2) is 54.7 Å². The van der Waals surface area contributed by atoms with Gasteiger partial charge in [0.1, 0.15) is 0 Å². The van der Waals surface area contributed by atoms with Gasteiger partial charge in [0.15, 0.2) is 0 Å². The number of ether oxygens (including phenoxy) is 1. The number of methoxy groups -OCH3 is 1. The molecule has 3 aromatic heterocycles. The Labute approximate surface area is 163 Å². The molecule has 1 fully saturated rings. The van der Waals surface area contributed by atoms with E-state index in [0.717, 1.165) is 52.8 Å². The van der Waals surface area contributed by atoms with Crippen LogP contribution in [0, 0.1) is 0 Å². The molecule has 140 valence electrons. The van der Waals surface area contributed by atoms with E-state index in [1.54, 1.807) is 7.11 Å². The molecule has 0 atom stereocenters. The van der Waals surface area contributed by atoms with Crippen molar-refractivity contribution in [3.8, 4) is 17.1 Å². The van der Waals surface area contributed by atoms with Crippen molar-refractivity contribution in [1.29, 1.82) is 0 Å². The summed E-state index contributed by atoms with van der Waals surface area (Å²) < 4.78 is 5.31. The first-order valence-corrected chi connectivity index (χ1v) is 9.53. The number of nitrogens with one attached hydrogen (secondary N) is 1. The molecule has 0 saturated heterocycles. The lowest BCUT2D eigenvalue weighted by molar-refractivity contribution is 0.230. The monoisotopic (exact) mass is 371 g/mol. The molecule has 1 saturated carbocycles. The van der Waals surface area contributed by atoms with E-state index in [2.05, 4.69) is 44.7 Å². The third-order valence-electron chi connectivity index (χ3n) is 5.76. The van der Waals surface area contributed by atoms with Gasteiger partial charge in [0, 0.05) is 28.9 Å². The number of benzene rings is 1. The second-order valence-electron chi connectivity index (χ2n) is 7.46. The molecule has 1 aromatic carbocycles. The zero-order valence-corrected chi connectivity index (χ0v) is 15.7. The largest absolute Gasteiger partial charge is 0.481 e. The zero-order chi connectivity index (χ0) is 19.0. The fourth-order valence-corrected chi connectivity index (χ4v) is 4.00. The molecule has 0 radical (unpaired) electrons. The number of fused-ring (bicyclic) bond motifs is 1. The van der Waals surface area contributed by atoms with Crippen LogP contribution in [0.25, 0.3) is 22.2 Å². The fraction of sp³-hybridized carbons (Fsp3) is 0.273. The van der Waals surface area contributed by atoms with Gasteiger partial charge in [0.2, 0.25) is 5.88 Å². The van der Waals surface area contributed by atoms with Gasteiger partial charge in [0.25, 0.3) is 0 Å². The van der Waals surface area contributed by atoms with Crippen molar-refractivity contribution >= 4 is 10.9 Å². The fourth-order valence-electron chi connectivity index (χ4n) is 4.00. The van der Waals surface area contributed by atoms with Crippen LogP contribution in [0.1, 0.15) is 30.7 Å². The highest BCUT2D eigenvalue weighted by Crippen LogP contribution is 2.45. The molecule has 1 aliphatic rings. The summed E-state index contributed by atoms with van der Waals surface area (Å²) in [5, 5.41) is 17.2. The van der Waals surface area contributed by atoms with Gasteiger partial charge < -0.3 is 4.74 Å². The molecule has 5 rings (SSSR count). The summed E-state index contributed by atoms with van der Waals surface area (Å²) in [6.07, 6.45) is 6.12. The topological polar surface area (TPSA) is 76.6 Å². The summed E-state index contributed by atoms with van der Waals surface area (Å²) in [6.45, 7) is 0. The van der Waals surface area contributed by atoms with Crippen molar-refractivity contribution < 1.29 is 4.74 Å². The van der Waals surface area contributed by atoms with Gasteiger partial charge >= 0.3 is 0 Å². The first-order valence-electron chi connectivity index (χ1n) is 9.53. The van der Waals surface area contributed by atoms with Crippen LogP contribution in [0.2, 0.25) is 0 Å². The molecule has 0 amide bonds. The highest BCUT2D eigenvalue weighted by atomic mass is 16.5. The third kappa shape index (κ3) is 2.91. The smallest absolute Gasteiger partial charge is 0.213 e. The van der Waals surface area contributed by atoms with E-state index in [0.29, 0.717) is 5.88 Å². The number of hydrogen-bond donors (Lipinski definition) is 1. The van der Waals surface area contributed by atoms with E-state index in [1.807, 2.05) is 30.5 Å². The molecule has 0 unspecified atom stereocenters. The maximum atomic E-state index is 5.31. The van der Waals surface area contributed by atoms with Gasteiger partial charge in [-0.15, -0.1) is 0 Å². The lowest BCUT2D eigenvalue weighted by Crippen LogP contribution is -2.37. The average Bonchev–Trinajstić information content (AvgIpc) is 3.19. The van der Waals surface area contributed by atoms with Crippen LogP contribution in [0.3, 0.4) is 0 Å². The Morgan fingerprint density at radius 1 is 1.07 bits per heavy atom. The Hall–Kier alpha value is -3.28. The molecule has 6 nitrogen and oxygen atoms in total. The average molecular weight is 371 g/mol. The SMILES string of the molecule is COc1cccc(C2(Cc3ccc(-c4ccc5cn[nH]c5c4)nn3)CCC2)n1. The summed E-state index contributed by atoms with van der Waals surface area (Å²) in [7, 11) is 1.66. The molecular weight excluding hydrogens is 350 g/mol. The minimum Gasteiger partial charge on any atom is -0.481 e. The van der Waals surface area contributed by atoms with Crippen molar-refractivity contribution in [3.05, 3.63) is 66.1 Å². The van der Waals surface area contributed by atoms with E-state index in [9.17, 15) is 0 Å². The summed E-state index contributed by atoms with van der Waals surface area (Å²) >= 11 is 0. The summed E-state index contributed by atoms with van der Waals surface area (Å²) in [5.74, 6) is 0.666. The molecule has 0 bridgehead atoms. The van der Waals surface area contributed by atoms with Gasteiger partial charge in [-0.05, 0) is 37.1 Å². The molecule has 4 aromatic rings. The Morgan fingerprint density at radius 2 is 2.00 bits per heavy atom. The van der Waals surface area contributed by atoms with Crippen LogP contribution in [0.5, 0.6) is 5.88 Å². The number of pyridine rings is 1. The molecule has 0 spiro atoms. The summed E-state index contributed by atoms with van der Waals surface area (Å²) in [6, 6.07) is 16.3. The van der Waals surface area contributed by atoms with Crippen molar-refractivity contribution in [2.75, 3.05) is 7.11 Å². The van der Waals surface area contributed by atoms with Crippen molar-refractivity contribution in [2.24, 2.45) is 0 Å². The molecule has 3 heterocycles. The van der Waals surface area contributed by atoms with E-state index in [-0.39, 0.29) is 5.41 Å². The van der Waals surface area contributed by atoms with Crippen LogP contribution in [-0.4, -0.2) is 32.5 Å². The predicted molar refractivity (Wildman–Crippen MR) is 107 cm³/mol. The number of H-pyrrole nitrogens is 1. The molecule has 1 aliphatic carbocycles. The van der Waals surface area contributed by atoms with E-state index in [4.69, 9.17) is 9.72 Å². The van der Waals surface area contributed by atoms with Crippen LogP contribution in [-0.2, 0) is 11.8 Å². The highest BCUT2D eigenvalue weighted by molar-refractivity contribution is 5.82. The quantitative estimate of drug-likeness (QED) is 0.572. The van der Waals surface area contributed by atoms with E-state index in [1.165, 1.54) is 6.42 Å². The number of aromatic nitrogens is 5. The molecule has 6 heteroatoms. The summed E-state index contributed by atoms with van der Waals surface area (Å²) in [5.41, 5.74) is 5.02. The lowest BCUT2D eigenvalue weighted by atomic mass is 9.64. The predicted octanol–water partition coefficient (Wildman–Crippen LogP) is 4.09. The molecule has 28 heavy (non-hydrogen) atoms. The summed E-state index contributed by atoms with van der Waals surface area (Å²) in [4.78, 5) is 4.69. The van der Waals surface area contributed by atoms with Crippen LogP contribution in [0.4, 0.5) is 0 Å². The Kier molecular flexibility index (Phi) is 4.04. The van der Waals surface area contributed by atoms with Gasteiger partial charge in [0.05, 0.1) is 35.9 Å². The van der Waals surface area contributed by atoms with Gasteiger partial charge in [-0.1, -0.05) is 24.6 Å². The van der Waals surface area contributed by atoms with Gasteiger partial charge in [-0.3, -0.25) is 5.10 Å². The number of aromatic amines is 1. The van der Waals surface area contributed by atoms with Gasteiger partial charge in [-0.2, -0.15) is 15.3 Å². The van der Waals surface area contributed by atoms with Gasteiger partial charge in [-0.25, -0.2) is 4.98 Å². The van der Waals surface area contributed by atoms with E-state index >= 15 is 0 Å². The highest BCUT2D eigenvalue weighted by Gasteiger charge is 2.40. The standard InChI is InChI=1S/C22H21N5O/c1-28-21-5-2-4-20(24-21)22(10-3-11-22)13-17-8-9-18(27-25-17)15-6-7-16-14-23-26-19(16)12-15/h2,4-9,12,14H,3,10-11,13H2,1H3,(H,23,26). The first-order chi connectivity index (χ1) is 13.8. The van der Waals surface area contributed by atoms with Crippen molar-refractivity contribution in [3.63, 3.8) is 0 Å². The minimum atomic E-state index is 0.0412. The maximum absolute atomic E-state index is 5.31.